The molecule has 0 radical (unpaired) electrons. The molecule has 10 heteroatoms. The zero-order chi connectivity index (χ0) is 20.4. The molecule has 0 heterocycles. The van der Waals surface area contributed by atoms with E-state index in [0.717, 1.165) is 10.6 Å². The molecule has 0 atom stereocenters. The van der Waals surface area contributed by atoms with E-state index in [1.165, 1.54) is 63.7 Å². The number of hydrogen-bond donors (Lipinski definition) is 1. The number of amides is 1. The quantitative estimate of drug-likeness (QED) is 0.772. The summed E-state index contributed by atoms with van der Waals surface area (Å²) in [5.41, 5.74) is 0.489. The van der Waals surface area contributed by atoms with Crippen LogP contribution in [0.5, 0.6) is 5.75 Å². The second-order valence-corrected chi connectivity index (χ2v) is 10.0. The van der Waals surface area contributed by atoms with Crippen LogP contribution in [0.15, 0.2) is 52.3 Å². The van der Waals surface area contributed by atoms with Gasteiger partial charge in [0.2, 0.25) is 10.0 Å². The van der Waals surface area contributed by atoms with Crippen LogP contribution in [0.1, 0.15) is 10.4 Å². The van der Waals surface area contributed by atoms with Crippen molar-refractivity contribution in [2.45, 2.75) is 9.79 Å². The Kier molecular flexibility index (Phi) is 5.93. The lowest BCUT2D eigenvalue weighted by molar-refractivity contribution is 0.102. The summed E-state index contributed by atoms with van der Waals surface area (Å²) < 4.78 is 54.0. The van der Waals surface area contributed by atoms with Crippen LogP contribution in [0, 0.1) is 0 Å². The fourth-order valence-corrected chi connectivity index (χ4v) is 3.91. The van der Waals surface area contributed by atoms with Gasteiger partial charge in [0, 0.05) is 31.6 Å². The molecule has 8 nitrogen and oxygen atoms in total. The fourth-order valence-electron chi connectivity index (χ4n) is 2.21. The van der Waals surface area contributed by atoms with Gasteiger partial charge in [-0.1, -0.05) is 0 Å². The Balaban J connectivity index is 2.33. The maximum Gasteiger partial charge on any atom is 0.255 e. The topological polar surface area (TPSA) is 110 Å². The number of nitrogens with one attached hydrogen (secondary N) is 1. The second-order valence-electron chi connectivity index (χ2n) is 5.90. The number of nitrogens with zero attached hydrogens (tertiary/aromatic N) is 1. The van der Waals surface area contributed by atoms with Crippen LogP contribution < -0.4 is 10.1 Å². The Morgan fingerprint density at radius 3 is 2.07 bits per heavy atom. The van der Waals surface area contributed by atoms with Crippen molar-refractivity contribution in [2.24, 2.45) is 0 Å². The largest absolute Gasteiger partial charge is 0.495 e. The van der Waals surface area contributed by atoms with Gasteiger partial charge in [0.25, 0.3) is 5.91 Å². The van der Waals surface area contributed by atoms with Gasteiger partial charge < -0.3 is 10.1 Å². The third-order valence-electron chi connectivity index (χ3n) is 3.72. The normalized spacial score (nSPS) is 12.0. The Morgan fingerprint density at radius 1 is 1.00 bits per heavy atom. The lowest BCUT2D eigenvalue weighted by atomic mass is 10.2. The summed E-state index contributed by atoms with van der Waals surface area (Å²) in [6.45, 7) is 0. The van der Waals surface area contributed by atoms with Gasteiger partial charge in [-0.25, -0.2) is 21.1 Å². The maximum atomic E-state index is 12.4. The summed E-state index contributed by atoms with van der Waals surface area (Å²) in [5.74, 6) is -0.354. The molecular formula is C17H20N2O6S2. The summed E-state index contributed by atoms with van der Waals surface area (Å²) >= 11 is 0. The zero-order valence-corrected chi connectivity index (χ0v) is 16.9. The van der Waals surface area contributed by atoms with Gasteiger partial charge in [-0.05, 0) is 42.5 Å². The summed E-state index contributed by atoms with van der Waals surface area (Å²) in [6.07, 6.45) is 1.08. The smallest absolute Gasteiger partial charge is 0.255 e. The van der Waals surface area contributed by atoms with Crippen LogP contribution in [0.3, 0.4) is 0 Å². The number of carbonyl (C=O) groups excluding carboxylic acids is 1. The molecule has 2 rings (SSSR count). The average molecular weight is 412 g/mol. The first-order valence-electron chi connectivity index (χ1n) is 7.69. The van der Waals surface area contributed by atoms with Crippen molar-refractivity contribution in [3.63, 3.8) is 0 Å². The van der Waals surface area contributed by atoms with E-state index >= 15 is 0 Å². The van der Waals surface area contributed by atoms with Crippen LogP contribution >= 0.6 is 0 Å². The van der Waals surface area contributed by atoms with Crippen molar-refractivity contribution in [1.82, 2.24) is 4.31 Å². The Morgan fingerprint density at radius 2 is 1.59 bits per heavy atom. The predicted molar refractivity (Wildman–Crippen MR) is 101 cm³/mol. The van der Waals surface area contributed by atoms with Gasteiger partial charge in [-0.3, -0.25) is 4.79 Å². The number of rotatable bonds is 6. The number of ether oxygens (including phenoxy) is 1. The van der Waals surface area contributed by atoms with E-state index in [2.05, 4.69) is 5.32 Å². The Labute approximate surface area is 158 Å². The Bertz CT molecular complexity index is 1060. The molecule has 0 aromatic heterocycles. The van der Waals surface area contributed by atoms with Crippen LogP contribution in [0.2, 0.25) is 0 Å². The lowest BCUT2D eigenvalue weighted by Gasteiger charge is -2.16. The molecular weight excluding hydrogens is 392 g/mol. The highest BCUT2D eigenvalue weighted by molar-refractivity contribution is 7.90. The molecule has 0 aliphatic rings. The first-order chi connectivity index (χ1) is 12.5. The van der Waals surface area contributed by atoms with Crippen molar-refractivity contribution < 1.29 is 26.4 Å². The number of carbonyl (C=O) groups is 1. The fraction of sp³-hybridized carbons (Fsp3) is 0.235. The standard InChI is InChI=1S/C17H20N2O6S2/c1-19(2)27(23,24)16-11-13(7-10-15(16)25-3)18-17(20)12-5-8-14(9-6-12)26(4,21)22/h5-11H,1-4H3,(H,18,20). The molecule has 1 amide bonds. The molecule has 0 aliphatic heterocycles. The molecule has 0 unspecified atom stereocenters. The number of sulfone groups is 1. The molecule has 0 saturated carbocycles. The molecule has 0 spiro atoms. The van der Waals surface area contributed by atoms with E-state index in [0.29, 0.717) is 0 Å². The summed E-state index contributed by atoms with van der Waals surface area (Å²) in [5, 5.41) is 2.59. The minimum Gasteiger partial charge on any atom is -0.495 e. The maximum absolute atomic E-state index is 12.4. The SMILES string of the molecule is COc1ccc(NC(=O)c2ccc(S(C)(=O)=O)cc2)cc1S(=O)(=O)N(C)C. The minimum atomic E-state index is -3.77. The van der Waals surface area contributed by atoms with Gasteiger partial charge in [0.15, 0.2) is 9.84 Å². The molecule has 0 bridgehead atoms. The van der Waals surface area contributed by atoms with Gasteiger partial charge >= 0.3 is 0 Å². The molecule has 1 N–H and O–H groups in total. The van der Waals surface area contributed by atoms with Crippen molar-refractivity contribution >= 4 is 31.5 Å². The average Bonchev–Trinajstić information content (AvgIpc) is 2.60. The number of sulfonamides is 1. The molecule has 2 aromatic rings. The van der Waals surface area contributed by atoms with E-state index in [4.69, 9.17) is 4.74 Å². The second kappa shape index (κ2) is 7.67. The minimum absolute atomic E-state index is 0.0831. The van der Waals surface area contributed by atoms with Crippen LogP contribution in [0.25, 0.3) is 0 Å². The zero-order valence-electron chi connectivity index (χ0n) is 15.3. The first kappa shape index (κ1) is 20.9. The molecule has 0 aliphatic carbocycles. The highest BCUT2D eigenvalue weighted by atomic mass is 32.2. The van der Waals surface area contributed by atoms with Gasteiger partial charge in [-0.15, -0.1) is 0 Å². The van der Waals surface area contributed by atoms with Crippen LogP contribution in [0.4, 0.5) is 5.69 Å². The van der Waals surface area contributed by atoms with Crippen molar-refractivity contribution in [1.29, 1.82) is 0 Å². The van der Waals surface area contributed by atoms with Crippen molar-refractivity contribution in [3.05, 3.63) is 48.0 Å². The number of benzene rings is 2. The molecule has 0 saturated heterocycles. The van der Waals surface area contributed by atoms with Gasteiger partial charge in [-0.2, -0.15) is 0 Å². The van der Waals surface area contributed by atoms with Gasteiger partial charge in [0.05, 0.1) is 12.0 Å². The third kappa shape index (κ3) is 4.65. The highest BCUT2D eigenvalue weighted by Crippen LogP contribution is 2.29. The number of hydrogen-bond acceptors (Lipinski definition) is 6. The number of anilines is 1. The van der Waals surface area contributed by atoms with E-state index in [-0.39, 0.29) is 26.8 Å². The van der Waals surface area contributed by atoms with Crippen molar-refractivity contribution in [2.75, 3.05) is 32.8 Å². The third-order valence-corrected chi connectivity index (χ3v) is 6.69. The summed E-state index contributed by atoms with van der Waals surface area (Å²) in [7, 11) is -3.00. The van der Waals surface area contributed by atoms with E-state index in [1.807, 2.05) is 0 Å². The molecule has 146 valence electrons. The molecule has 0 fully saturated rings. The monoisotopic (exact) mass is 412 g/mol. The van der Waals surface area contributed by atoms with E-state index in [1.54, 1.807) is 0 Å². The predicted octanol–water partition coefficient (Wildman–Crippen LogP) is 1.60. The molecule has 27 heavy (non-hydrogen) atoms. The van der Waals surface area contributed by atoms with Crippen molar-refractivity contribution in [3.8, 4) is 5.75 Å². The summed E-state index contributed by atoms with van der Waals surface area (Å²) in [6, 6.07) is 9.69. The number of methoxy groups -OCH3 is 1. The van der Waals surface area contributed by atoms with E-state index in [9.17, 15) is 21.6 Å². The van der Waals surface area contributed by atoms with Crippen LogP contribution in [-0.4, -0.2) is 54.5 Å². The van der Waals surface area contributed by atoms with E-state index < -0.39 is 25.8 Å². The first-order valence-corrected chi connectivity index (χ1v) is 11.0. The summed E-state index contributed by atoms with van der Waals surface area (Å²) in [4.78, 5) is 12.4. The van der Waals surface area contributed by atoms with Gasteiger partial charge in [0.1, 0.15) is 10.6 Å². The molecule has 2 aromatic carbocycles. The van der Waals surface area contributed by atoms with Crippen LogP contribution in [-0.2, 0) is 19.9 Å². The lowest BCUT2D eigenvalue weighted by Crippen LogP contribution is -2.23. The highest BCUT2D eigenvalue weighted by Gasteiger charge is 2.23. The Hall–Kier alpha value is -2.43.